The number of hydrogen-bond acceptors (Lipinski definition) is 6. The summed E-state index contributed by atoms with van der Waals surface area (Å²) in [7, 11) is 0. The number of hydrogen-bond donors (Lipinski definition) is 0. The highest BCUT2D eigenvalue weighted by Gasteiger charge is 2.20. The fourth-order valence-corrected chi connectivity index (χ4v) is 11.5. The summed E-state index contributed by atoms with van der Waals surface area (Å²) in [6.45, 7) is 6.72. The normalized spacial score (nSPS) is 12.0. The van der Waals surface area contributed by atoms with Crippen molar-refractivity contribution >= 4 is 17.9 Å². The summed E-state index contributed by atoms with van der Waals surface area (Å²) in [6, 6.07) is 0. The van der Waals surface area contributed by atoms with Crippen molar-refractivity contribution in [1.29, 1.82) is 0 Å². The summed E-state index contributed by atoms with van der Waals surface area (Å²) in [5.74, 6) is -0.828. The smallest absolute Gasteiger partial charge is 0.306 e. The molecule has 0 aromatic carbocycles. The van der Waals surface area contributed by atoms with Gasteiger partial charge in [0.05, 0.1) is 0 Å². The highest BCUT2D eigenvalue weighted by Crippen LogP contribution is 2.19. The molecule has 0 rings (SSSR count). The molecule has 0 aromatic rings. The van der Waals surface area contributed by atoms with Gasteiger partial charge in [0, 0.05) is 19.3 Å². The molecule has 0 aromatic heterocycles. The fourth-order valence-electron chi connectivity index (χ4n) is 11.5. The van der Waals surface area contributed by atoms with Crippen molar-refractivity contribution in [2.75, 3.05) is 13.2 Å². The molecule has 0 N–H and O–H groups in total. The molecule has 1 atom stereocenters. The van der Waals surface area contributed by atoms with Gasteiger partial charge in [-0.2, -0.15) is 0 Å². The number of carbonyl (C=O) groups is 3. The Morgan fingerprint density at radius 3 is 0.625 bits per heavy atom. The van der Waals surface area contributed by atoms with E-state index in [-0.39, 0.29) is 31.1 Å². The monoisotopic (exact) mass is 1130 g/mol. The van der Waals surface area contributed by atoms with Gasteiger partial charge in [0.2, 0.25) is 0 Å². The van der Waals surface area contributed by atoms with Crippen molar-refractivity contribution in [3.8, 4) is 0 Å². The van der Waals surface area contributed by atoms with Crippen molar-refractivity contribution in [2.24, 2.45) is 0 Å². The highest BCUT2D eigenvalue weighted by molar-refractivity contribution is 5.71. The first-order valence-electron chi connectivity index (χ1n) is 36.7. The first-order chi connectivity index (χ1) is 39.5. The molecule has 0 aliphatic carbocycles. The number of carbonyl (C=O) groups excluding carboxylic acids is 3. The summed E-state index contributed by atoms with van der Waals surface area (Å²) >= 11 is 0. The van der Waals surface area contributed by atoms with Gasteiger partial charge in [-0.1, -0.05) is 373 Å². The number of allylic oxidation sites excluding steroid dienone is 2. The predicted molar refractivity (Wildman–Crippen MR) is 349 cm³/mol. The zero-order chi connectivity index (χ0) is 57.8. The van der Waals surface area contributed by atoms with Crippen LogP contribution < -0.4 is 0 Å². The van der Waals surface area contributed by atoms with E-state index in [1.165, 1.54) is 327 Å². The van der Waals surface area contributed by atoms with Gasteiger partial charge in [-0.3, -0.25) is 14.4 Å². The van der Waals surface area contributed by atoms with Crippen molar-refractivity contribution < 1.29 is 28.6 Å². The SMILES string of the molecule is CCCCCCCCCC/C=C\CCCCCCCCCCCCCCCCCCCC(=O)OCC(COC(=O)CCCCCCCCCCCC)OC(=O)CCCCCCCCCCCCCCCCCCCCCCCCC. The molecule has 0 saturated heterocycles. The van der Waals surface area contributed by atoms with Gasteiger partial charge in [-0.25, -0.2) is 0 Å². The van der Waals surface area contributed by atoms with Crippen LogP contribution in [0.25, 0.3) is 0 Å². The van der Waals surface area contributed by atoms with Crippen LogP contribution in [0.3, 0.4) is 0 Å². The van der Waals surface area contributed by atoms with Gasteiger partial charge in [-0.05, 0) is 44.9 Å². The Kier molecular flexibility index (Phi) is 68.0. The van der Waals surface area contributed by atoms with E-state index in [0.717, 1.165) is 57.8 Å². The van der Waals surface area contributed by atoms with Gasteiger partial charge in [0.1, 0.15) is 13.2 Å². The zero-order valence-electron chi connectivity index (χ0n) is 54.6. The van der Waals surface area contributed by atoms with Crippen LogP contribution in [0.15, 0.2) is 12.2 Å². The van der Waals surface area contributed by atoms with Crippen LogP contribution >= 0.6 is 0 Å². The van der Waals surface area contributed by atoms with E-state index >= 15 is 0 Å². The second-order valence-corrected chi connectivity index (χ2v) is 25.2. The summed E-state index contributed by atoms with van der Waals surface area (Å²) in [6.07, 6.45) is 84.1. The Labute approximate surface area is 501 Å². The molecule has 1 unspecified atom stereocenters. The van der Waals surface area contributed by atoms with Crippen LogP contribution in [-0.2, 0) is 28.6 Å². The van der Waals surface area contributed by atoms with E-state index in [1.54, 1.807) is 0 Å². The minimum absolute atomic E-state index is 0.0623. The van der Waals surface area contributed by atoms with Gasteiger partial charge < -0.3 is 14.2 Å². The fraction of sp³-hybridized carbons (Fsp3) is 0.932. The molecule has 0 radical (unpaired) electrons. The van der Waals surface area contributed by atoms with E-state index in [1.807, 2.05) is 0 Å². The third-order valence-corrected chi connectivity index (χ3v) is 17.0. The Morgan fingerprint density at radius 2 is 0.412 bits per heavy atom. The van der Waals surface area contributed by atoms with E-state index in [2.05, 4.69) is 32.9 Å². The Balaban J connectivity index is 4.08. The lowest BCUT2D eigenvalue weighted by Gasteiger charge is -2.18. The molecule has 0 spiro atoms. The number of unbranched alkanes of at least 4 members (excludes halogenated alkanes) is 56. The molecular weight excluding hydrogens is 985 g/mol. The molecule has 6 nitrogen and oxygen atoms in total. The molecule has 0 fully saturated rings. The summed E-state index contributed by atoms with van der Waals surface area (Å²) in [5, 5.41) is 0. The molecule has 0 aliphatic heterocycles. The van der Waals surface area contributed by atoms with Crippen LogP contribution in [-0.4, -0.2) is 37.2 Å². The predicted octanol–water partition coefficient (Wildman–Crippen LogP) is 25.2. The van der Waals surface area contributed by atoms with Crippen molar-refractivity contribution in [1.82, 2.24) is 0 Å². The largest absolute Gasteiger partial charge is 0.462 e. The number of esters is 3. The summed E-state index contributed by atoms with van der Waals surface area (Å²) in [4.78, 5) is 38.4. The lowest BCUT2D eigenvalue weighted by Crippen LogP contribution is -2.30. The van der Waals surface area contributed by atoms with Crippen LogP contribution in [0.1, 0.15) is 425 Å². The maximum atomic E-state index is 12.9. The summed E-state index contributed by atoms with van der Waals surface area (Å²) in [5.41, 5.74) is 0. The lowest BCUT2D eigenvalue weighted by molar-refractivity contribution is -0.167. The third kappa shape index (κ3) is 66.9. The number of rotatable bonds is 69. The molecule has 0 bridgehead atoms. The van der Waals surface area contributed by atoms with Crippen molar-refractivity contribution in [2.45, 2.75) is 431 Å². The number of ether oxygens (including phenoxy) is 3. The molecule has 0 heterocycles. The minimum atomic E-state index is -0.764. The Hall–Kier alpha value is -1.85. The van der Waals surface area contributed by atoms with E-state index in [0.29, 0.717) is 19.3 Å². The molecule has 80 heavy (non-hydrogen) atoms. The van der Waals surface area contributed by atoms with Crippen LogP contribution in [0.5, 0.6) is 0 Å². The summed E-state index contributed by atoms with van der Waals surface area (Å²) < 4.78 is 17.0. The van der Waals surface area contributed by atoms with E-state index in [9.17, 15) is 14.4 Å². The second kappa shape index (κ2) is 69.6. The first kappa shape index (κ1) is 78.1. The molecule has 0 aliphatic rings. The van der Waals surface area contributed by atoms with Gasteiger partial charge in [-0.15, -0.1) is 0 Å². The zero-order valence-corrected chi connectivity index (χ0v) is 54.6. The molecule has 6 heteroatoms. The standard InChI is InChI=1S/C74H142O6/c1-4-7-10-13-16-19-22-24-26-28-30-32-34-35-36-37-38-39-41-42-44-46-48-50-52-55-58-61-64-67-73(76)79-70-71(69-78-72(75)66-63-60-57-54-21-18-15-12-9-6-3)80-74(77)68-65-62-59-56-53-51-49-47-45-43-40-33-31-29-27-25-23-20-17-14-11-8-5-2/h28,30,71H,4-27,29,31-70H2,1-3H3/b30-28-. The van der Waals surface area contributed by atoms with Crippen LogP contribution in [0, 0.1) is 0 Å². The molecule has 0 saturated carbocycles. The average Bonchev–Trinajstić information content (AvgIpc) is 3.46. The van der Waals surface area contributed by atoms with Crippen molar-refractivity contribution in [3.05, 3.63) is 12.2 Å². The molecule has 0 amide bonds. The Morgan fingerprint density at radius 1 is 0.237 bits per heavy atom. The molecular formula is C74H142O6. The van der Waals surface area contributed by atoms with Crippen LogP contribution in [0.4, 0.5) is 0 Å². The topological polar surface area (TPSA) is 78.9 Å². The van der Waals surface area contributed by atoms with Crippen LogP contribution in [0.2, 0.25) is 0 Å². The molecule has 474 valence electrons. The maximum Gasteiger partial charge on any atom is 0.306 e. The van der Waals surface area contributed by atoms with E-state index < -0.39 is 6.10 Å². The third-order valence-electron chi connectivity index (χ3n) is 17.0. The first-order valence-corrected chi connectivity index (χ1v) is 36.7. The average molecular weight is 1130 g/mol. The quantitative estimate of drug-likeness (QED) is 0.0261. The van der Waals surface area contributed by atoms with Gasteiger partial charge in [0.15, 0.2) is 6.10 Å². The Bertz CT molecular complexity index is 1250. The van der Waals surface area contributed by atoms with E-state index in [4.69, 9.17) is 14.2 Å². The second-order valence-electron chi connectivity index (χ2n) is 25.2. The highest BCUT2D eigenvalue weighted by atomic mass is 16.6. The van der Waals surface area contributed by atoms with Gasteiger partial charge >= 0.3 is 17.9 Å². The minimum Gasteiger partial charge on any atom is -0.462 e. The van der Waals surface area contributed by atoms with Crippen molar-refractivity contribution in [3.63, 3.8) is 0 Å². The van der Waals surface area contributed by atoms with Gasteiger partial charge in [0.25, 0.3) is 0 Å². The maximum absolute atomic E-state index is 12.9. The lowest BCUT2D eigenvalue weighted by atomic mass is 10.0.